The number of primary amides is 1. The van der Waals surface area contributed by atoms with Gasteiger partial charge in [0.05, 0.1) is 24.6 Å². The van der Waals surface area contributed by atoms with E-state index in [1.165, 1.54) is 6.07 Å². The highest BCUT2D eigenvalue weighted by molar-refractivity contribution is 5.94. The lowest BCUT2D eigenvalue weighted by Gasteiger charge is -2.27. The van der Waals surface area contributed by atoms with Crippen LogP contribution in [0.1, 0.15) is 16.8 Å². The predicted octanol–water partition coefficient (Wildman–Crippen LogP) is 0.0285. The maximum atomic E-state index is 12.0. The molecule has 1 aliphatic heterocycles. The van der Waals surface area contributed by atoms with E-state index in [-0.39, 0.29) is 5.91 Å². The standard InChI is InChI=1S/C14H20N4O3/c15-11-9-10(14(16)20)1-2-12(11)17-4-3-13(19)18-5-7-21-8-6-18/h1-2,9,17H,3-8,15H2,(H2,16,20). The van der Waals surface area contributed by atoms with Gasteiger partial charge >= 0.3 is 0 Å². The summed E-state index contributed by atoms with van der Waals surface area (Å²) in [6.45, 7) is 2.97. The van der Waals surface area contributed by atoms with Gasteiger partial charge in [0.25, 0.3) is 0 Å². The Morgan fingerprint density at radius 3 is 2.62 bits per heavy atom. The SMILES string of the molecule is NC(=O)c1ccc(NCCC(=O)N2CCOCC2)c(N)c1. The zero-order chi connectivity index (χ0) is 15.2. The van der Waals surface area contributed by atoms with Crippen LogP contribution in [-0.4, -0.2) is 49.6 Å². The maximum Gasteiger partial charge on any atom is 0.248 e. The third-order valence-corrected chi connectivity index (χ3v) is 3.35. The first-order chi connectivity index (χ1) is 10.1. The van der Waals surface area contributed by atoms with Crippen LogP contribution in [0.25, 0.3) is 0 Å². The Labute approximate surface area is 123 Å². The van der Waals surface area contributed by atoms with E-state index in [9.17, 15) is 9.59 Å². The first-order valence-electron chi connectivity index (χ1n) is 6.86. The topological polar surface area (TPSA) is 111 Å². The molecular weight excluding hydrogens is 272 g/mol. The number of rotatable bonds is 5. The monoisotopic (exact) mass is 292 g/mol. The van der Waals surface area contributed by atoms with Crippen LogP contribution in [0.15, 0.2) is 18.2 Å². The third-order valence-electron chi connectivity index (χ3n) is 3.35. The molecule has 1 aliphatic rings. The van der Waals surface area contributed by atoms with Gasteiger partial charge in [-0.3, -0.25) is 9.59 Å². The minimum absolute atomic E-state index is 0.0955. The van der Waals surface area contributed by atoms with Crippen LogP contribution in [0.3, 0.4) is 0 Å². The zero-order valence-corrected chi connectivity index (χ0v) is 11.8. The molecule has 21 heavy (non-hydrogen) atoms. The Bertz CT molecular complexity index is 527. The molecule has 1 aromatic carbocycles. The first-order valence-corrected chi connectivity index (χ1v) is 6.86. The number of carbonyl (C=O) groups is 2. The lowest BCUT2D eigenvalue weighted by molar-refractivity contribution is -0.134. The van der Waals surface area contributed by atoms with Crippen molar-refractivity contribution in [2.75, 3.05) is 43.9 Å². The largest absolute Gasteiger partial charge is 0.397 e. The van der Waals surface area contributed by atoms with Crippen molar-refractivity contribution >= 4 is 23.2 Å². The van der Waals surface area contributed by atoms with Crippen LogP contribution < -0.4 is 16.8 Å². The molecule has 0 unspecified atom stereocenters. The lowest BCUT2D eigenvalue weighted by Crippen LogP contribution is -2.41. The van der Waals surface area contributed by atoms with Crippen molar-refractivity contribution in [2.45, 2.75) is 6.42 Å². The van der Waals surface area contributed by atoms with Gasteiger partial charge in [0.15, 0.2) is 0 Å². The van der Waals surface area contributed by atoms with Crippen LogP contribution in [0.2, 0.25) is 0 Å². The number of hydrogen-bond donors (Lipinski definition) is 3. The maximum absolute atomic E-state index is 12.0. The average Bonchev–Trinajstić information content (AvgIpc) is 2.49. The Hall–Kier alpha value is -2.28. The predicted molar refractivity (Wildman–Crippen MR) is 79.9 cm³/mol. The number of nitrogens with two attached hydrogens (primary N) is 2. The summed E-state index contributed by atoms with van der Waals surface area (Å²) >= 11 is 0. The Morgan fingerprint density at radius 2 is 2.00 bits per heavy atom. The fraction of sp³-hybridized carbons (Fsp3) is 0.429. The van der Waals surface area contributed by atoms with E-state index < -0.39 is 5.91 Å². The summed E-state index contributed by atoms with van der Waals surface area (Å²) in [5.41, 5.74) is 12.5. The highest BCUT2D eigenvalue weighted by atomic mass is 16.5. The van der Waals surface area contributed by atoms with Crippen LogP contribution >= 0.6 is 0 Å². The minimum atomic E-state index is -0.518. The summed E-state index contributed by atoms with van der Waals surface area (Å²) in [5, 5.41) is 3.09. The molecule has 0 spiro atoms. The van der Waals surface area contributed by atoms with Gasteiger partial charge in [0.2, 0.25) is 11.8 Å². The summed E-state index contributed by atoms with van der Waals surface area (Å²) in [5.74, 6) is -0.422. The van der Waals surface area contributed by atoms with Crippen molar-refractivity contribution < 1.29 is 14.3 Å². The number of hydrogen-bond acceptors (Lipinski definition) is 5. The van der Waals surface area contributed by atoms with Crippen LogP contribution in [0, 0.1) is 0 Å². The third kappa shape index (κ3) is 4.09. The second-order valence-corrected chi connectivity index (χ2v) is 4.84. The van der Waals surface area contributed by atoms with Crippen LogP contribution in [0.4, 0.5) is 11.4 Å². The van der Waals surface area contributed by atoms with Gasteiger partial charge in [0.1, 0.15) is 0 Å². The molecule has 0 aliphatic carbocycles. The second kappa shape index (κ2) is 6.94. The van der Waals surface area contributed by atoms with Crippen LogP contribution in [0.5, 0.6) is 0 Å². The van der Waals surface area contributed by atoms with Gasteiger partial charge in [0, 0.05) is 31.6 Å². The number of nitrogens with one attached hydrogen (secondary N) is 1. The van der Waals surface area contributed by atoms with E-state index in [2.05, 4.69) is 5.32 Å². The molecule has 114 valence electrons. The summed E-state index contributed by atoms with van der Waals surface area (Å²) < 4.78 is 5.21. The highest BCUT2D eigenvalue weighted by Gasteiger charge is 2.16. The van der Waals surface area contributed by atoms with Crippen molar-refractivity contribution in [3.63, 3.8) is 0 Å². The quantitative estimate of drug-likeness (QED) is 0.663. The molecule has 7 nitrogen and oxygen atoms in total. The van der Waals surface area contributed by atoms with Crippen molar-refractivity contribution in [3.8, 4) is 0 Å². The summed E-state index contributed by atoms with van der Waals surface area (Å²) in [6.07, 6.45) is 0.386. The normalized spacial score (nSPS) is 14.8. The van der Waals surface area contributed by atoms with Crippen molar-refractivity contribution in [1.82, 2.24) is 4.90 Å². The number of anilines is 2. The fourth-order valence-corrected chi connectivity index (χ4v) is 2.15. The molecule has 0 bridgehead atoms. The molecule has 7 heteroatoms. The lowest BCUT2D eigenvalue weighted by atomic mass is 10.1. The number of morpholine rings is 1. The second-order valence-electron chi connectivity index (χ2n) is 4.84. The molecule has 2 amide bonds. The van der Waals surface area contributed by atoms with Gasteiger partial charge in [-0.15, -0.1) is 0 Å². The van der Waals surface area contributed by atoms with E-state index in [0.29, 0.717) is 56.2 Å². The molecule has 5 N–H and O–H groups in total. The van der Waals surface area contributed by atoms with E-state index >= 15 is 0 Å². The average molecular weight is 292 g/mol. The van der Waals surface area contributed by atoms with Gasteiger partial charge in [-0.05, 0) is 18.2 Å². The molecule has 0 atom stereocenters. The van der Waals surface area contributed by atoms with Crippen molar-refractivity contribution in [3.05, 3.63) is 23.8 Å². The number of benzene rings is 1. The molecule has 1 saturated heterocycles. The smallest absolute Gasteiger partial charge is 0.248 e. The van der Waals surface area contributed by atoms with Crippen molar-refractivity contribution in [1.29, 1.82) is 0 Å². The van der Waals surface area contributed by atoms with Gasteiger partial charge in [-0.25, -0.2) is 0 Å². The highest BCUT2D eigenvalue weighted by Crippen LogP contribution is 2.19. The Balaban J connectivity index is 1.83. The number of nitrogens with zero attached hydrogens (tertiary/aromatic N) is 1. The van der Waals surface area contributed by atoms with E-state index in [1.54, 1.807) is 17.0 Å². The van der Waals surface area contributed by atoms with E-state index in [1.807, 2.05) is 0 Å². The molecule has 0 radical (unpaired) electrons. The number of nitrogen functional groups attached to an aromatic ring is 1. The Morgan fingerprint density at radius 1 is 1.29 bits per heavy atom. The number of amides is 2. The molecule has 1 fully saturated rings. The van der Waals surface area contributed by atoms with Gasteiger partial charge < -0.3 is 26.4 Å². The molecule has 1 heterocycles. The number of ether oxygens (including phenoxy) is 1. The fourth-order valence-electron chi connectivity index (χ4n) is 2.15. The molecular formula is C14H20N4O3. The molecule has 0 saturated carbocycles. The molecule has 2 rings (SSSR count). The summed E-state index contributed by atoms with van der Waals surface area (Å²) in [7, 11) is 0. The molecule has 1 aromatic rings. The molecule has 0 aromatic heterocycles. The Kier molecular flexibility index (Phi) is 4.99. The van der Waals surface area contributed by atoms with E-state index in [0.717, 1.165) is 0 Å². The summed E-state index contributed by atoms with van der Waals surface area (Å²) in [6, 6.07) is 4.81. The summed E-state index contributed by atoms with van der Waals surface area (Å²) in [4.78, 5) is 24.8. The van der Waals surface area contributed by atoms with Crippen LogP contribution in [-0.2, 0) is 9.53 Å². The zero-order valence-electron chi connectivity index (χ0n) is 11.8. The van der Waals surface area contributed by atoms with Gasteiger partial charge in [-0.1, -0.05) is 0 Å². The minimum Gasteiger partial charge on any atom is -0.397 e. The first kappa shape index (κ1) is 15.1. The van der Waals surface area contributed by atoms with Gasteiger partial charge in [-0.2, -0.15) is 0 Å². The van der Waals surface area contributed by atoms with E-state index in [4.69, 9.17) is 16.2 Å². The number of carbonyl (C=O) groups excluding carboxylic acids is 2. The van der Waals surface area contributed by atoms with Crippen molar-refractivity contribution in [2.24, 2.45) is 5.73 Å².